The van der Waals surface area contributed by atoms with Crippen molar-refractivity contribution in [2.45, 2.75) is 0 Å². The monoisotopic (exact) mass is 330 g/mol. The van der Waals surface area contributed by atoms with Crippen LogP contribution in [0.25, 0.3) is 0 Å². The maximum atomic E-state index is 9.24. The molecular formula is CH3BaClO5P2+2. The third-order valence-corrected chi connectivity index (χ3v) is 1.20. The number of hydrogen-bond acceptors (Lipinski definition) is 5. The molecule has 0 aliphatic carbocycles. The van der Waals surface area contributed by atoms with Crippen LogP contribution in [-0.4, -0.2) is 55.3 Å². The van der Waals surface area contributed by atoms with E-state index in [0.29, 0.717) is 0 Å². The first-order chi connectivity index (χ1) is 4.13. The normalized spacial score (nSPS) is 10.0. The van der Waals surface area contributed by atoms with Crippen molar-refractivity contribution in [3.05, 3.63) is 0 Å². The van der Waals surface area contributed by atoms with E-state index in [1.54, 1.807) is 0 Å². The van der Waals surface area contributed by atoms with E-state index in [1.807, 2.05) is 0 Å². The molecule has 0 bridgehead atoms. The van der Waals surface area contributed by atoms with E-state index in [2.05, 4.69) is 15.9 Å². The Morgan fingerprint density at radius 1 is 1.20 bits per heavy atom. The van der Waals surface area contributed by atoms with E-state index in [0.717, 1.165) is 0 Å². The summed E-state index contributed by atoms with van der Waals surface area (Å²) in [7, 11) is -6.47. The van der Waals surface area contributed by atoms with Crippen LogP contribution < -0.4 is 9.79 Å². The molecule has 0 aromatic heterocycles. The Morgan fingerprint density at radius 3 is 1.40 bits per heavy atom. The second-order valence-corrected chi connectivity index (χ2v) is 2.08. The van der Waals surface area contributed by atoms with E-state index >= 15 is 0 Å². The molecule has 54 valence electrons. The van der Waals surface area contributed by atoms with E-state index in [4.69, 9.17) is 0 Å². The van der Waals surface area contributed by atoms with Crippen molar-refractivity contribution < 1.29 is 23.2 Å². The Labute approximate surface area is 105 Å². The number of halogens is 1. The van der Waals surface area contributed by atoms with Crippen LogP contribution in [0.4, 0.5) is 0 Å². The van der Waals surface area contributed by atoms with Crippen LogP contribution in [0.1, 0.15) is 0 Å². The molecular weight excluding hydrogens is 327 g/mol. The van der Waals surface area contributed by atoms with Gasteiger partial charge in [0.05, 0.1) is 0 Å². The number of hydrogen-bond donors (Lipinski definition) is 0. The minimum atomic E-state index is -3.24. The quantitative estimate of drug-likeness (QED) is 0.387. The van der Waals surface area contributed by atoms with Crippen molar-refractivity contribution in [3.8, 4) is 0 Å². The fourth-order valence-corrected chi connectivity index (χ4v) is 0.490. The largest absolute Gasteiger partial charge is 2.00 e. The first-order valence-corrected chi connectivity index (χ1v) is 4.42. The Balaban J connectivity index is -0.000000149. The van der Waals surface area contributed by atoms with Gasteiger partial charge in [0.2, 0.25) is 0 Å². The van der Waals surface area contributed by atoms with Crippen LogP contribution >= 0.6 is 28.1 Å². The van der Waals surface area contributed by atoms with Crippen LogP contribution in [0.5, 0.6) is 0 Å². The van der Waals surface area contributed by atoms with Crippen molar-refractivity contribution in [3.63, 3.8) is 0 Å². The maximum Gasteiger partial charge on any atom is 2.00 e. The van der Waals surface area contributed by atoms with Crippen LogP contribution in [0.2, 0.25) is 0 Å². The zero-order valence-electron chi connectivity index (χ0n) is 5.02. The van der Waals surface area contributed by atoms with Crippen molar-refractivity contribution in [2.24, 2.45) is 0 Å². The second-order valence-electron chi connectivity index (χ2n) is 0.529. The second kappa shape index (κ2) is 13.5. The maximum absolute atomic E-state index is 9.24. The molecule has 10 heavy (non-hydrogen) atoms. The van der Waals surface area contributed by atoms with Gasteiger partial charge in [-0.05, 0) is 9.13 Å². The zero-order valence-corrected chi connectivity index (χ0v) is 12.0. The molecule has 2 unspecified atom stereocenters. The molecule has 0 radical (unpaired) electrons. The molecule has 0 aliphatic heterocycles. The van der Waals surface area contributed by atoms with E-state index in [-0.39, 0.29) is 48.9 Å². The molecule has 0 N–H and O–H groups in total. The van der Waals surface area contributed by atoms with E-state index < -0.39 is 16.5 Å². The summed E-state index contributed by atoms with van der Waals surface area (Å²) in [5, 5.41) is 0. The summed E-state index contributed by atoms with van der Waals surface area (Å²) < 4.78 is 21.6. The van der Waals surface area contributed by atoms with Crippen LogP contribution in [0.3, 0.4) is 0 Å². The first kappa shape index (κ1) is 17.9. The number of rotatable bonds is 2. The molecule has 0 aromatic carbocycles. The molecule has 2 atom stereocenters. The van der Waals surface area contributed by atoms with Gasteiger partial charge in [-0.3, -0.25) is 0 Å². The summed E-state index contributed by atoms with van der Waals surface area (Å²) in [6.45, 7) is 0. The third kappa shape index (κ3) is 22.5. The van der Waals surface area contributed by atoms with Gasteiger partial charge in [-0.15, -0.1) is 11.6 Å². The Morgan fingerprint density at radius 2 is 1.40 bits per heavy atom. The molecule has 0 amide bonds. The summed E-state index contributed by atoms with van der Waals surface area (Å²) in [5.74, 6) is 0. The smallest absolute Gasteiger partial charge is 0.563 e. The summed E-state index contributed by atoms with van der Waals surface area (Å²) in [4.78, 5) is 18.5. The number of alkyl halides is 1. The molecule has 0 spiro atoms. The molecule has 0 heterocycles. The predicted octanol–water partition coefficient (Wildman–Crippen LogP) is -0.487. The fraction of sp³-hybridized carbons (Fsp3) is 1.00. The zero-order chi connectivity index (χ0) is 7.86. The Hall–Kier alpha value is 1.94. The SMILES string of the molecule is CCl.O=[P+]([O-])O[P+](=O)[O-].[Ba+2]. The van der Waals surface area contributed by atoms with Crippen LogP contribution in [0, 0.1) is 0 Å². The van der Waals surface area contributed by atoms with Gasteiger partial charge in [-0.1, -0.05) is 0 Å². The average Bonchev–Trinajstić information content (AvgIpc) is 1.68. The summed E-state index contributed by atoms with van der Waals surface area (Å²) >= 11 is 4.64. The van der Waals surface area contributed by atoms with Gasteiger partial charge >= 0.3 is 65.4 Å². The summed E-state index contributed by atoms with van der Waals surface area (Å²) in [6.07, 6.45) is 1.47. The van der Waals surface area contributed by atoms with Gasteiger partial charge in [0.25, 0.3) is 0 Å². The topological polar surface area (TPSA) is 89.5 Å². The fourth-order valence-electron chi connectivity index (χ4n) is 0.0544. The standard InChI is InChI=1S/CH3Cl.Ba.O5P2/c1-2;;1-6(2)5-7(3)4/h1H3;;/q;+2;. The van der Waals surface area contributed by atoms with E-state index in [1.165, 1.54) is 6.38 Å². The van der Waals surface area contributed by atoms with Gasteiger partial charge in [-0.2, -0.15) is 0 Å². The molecule has 0 fully saturated rings. The van der Waals surface area contributed by atoms with E-state index in [9.17, 15) is 18.9 Å². The minimum absolute atomic E-state index is 0. The molecule has 0 saturated heterocycles. The summed E-state index contributed by atoms with van der Waals surface area (Å²) in [5.41, 5.74) is 0. The van der Waals surface area contributed by atoms with Crippen molar-refractivity contribution in [2.75, 3.05) is 6.38 Å². The molecule has 5 nitrogen and oxygen atoms in total. The molecule has 0 saturated carbocycles. The molecule has 0 rings (SSSR count). The van der Waals surface area contributed by atoms with Gasteiger partial charge in [0.1, 0.15) is 4.31 Å². The molecule has 9 heteroatoms. The summed E-state index contributed by atoms with van der Waals surface area (Å²) in [6, 6.07) is 0. The van der Waals surface area contributed by atoms with Gasteiger partial charge in [-0.25, -0.2) is 0 Å². The Bertz CT molecular complexity index is 95.8. The van der Waals surface area contributed by atoms with Crippen molar-refractivity contribution in [1.29, 1.82) is 0 Å². The Kier molecular flexibility index (Phi) is 24.2. The predicted molar refractivity (Wildman–Crippen MR) is 33.8 cm³/mol. The molecule has 0 aromatic rings. The van der Waals surface area contributed by atoms with Gasteiger partial charge in [0.15, 0.2) is 0 Å². The first-order valence-electron chi connectivity index (χ1n) is 1.47. The van der Waals surface area contributed by atoms with Gasteiger partial charge in [0, 0.05) is 6.38 Å². The van der Waals surface area contributed by atoms with Crippen LogP contribution in [0.15, 0.2) is 0 Å². The average molecular weight is 330 g/mol. The minimum Gasteiger partial charge on any atom is -0.563 e. The van der Waals surface area contributed by atoms with Gasteiger partial charge < -0.3 is 9.79 Å². The van der Waals surface area contributed by atoms with Crippen LogP contribution in [-0.2, 0) is 13.4 Å². The van der Waals surface area contributed by atoms with Crippen molar-refractivity contribution >= 4 is 77.0 Å². The van der Waals surface area contributed by atoms with Crippen molar-refractivity contribution in [1.82, 2.24) is 0 Å². The third-order valence-electron chi connectivity index (χ3n) is 0.133. The molecule has 0 aliphatic rings.